The predicted octanol–water partition coefficient (Wildman–Crippen LogP) is 0.497. The molecule has 0 saturated carbocycles. The molecule has 2 rings (SSSR count). The number of sulfone groups is 1. The van der Waals surface area contributed by atoms with E-state index < -0.39 is 15.4 Å². The second-order valence-electron chi connectivity index (χ2n) is 4.97. The van der Waals surface area contributed by atoms with Crippen LogP contribution in [0.25, 0.3) is 0 Å². The molecule has 0 amide bonds. The Morgan fingerprint density at radius 1 is 1.26 bits per heavy atom. The zero-order chi connectivity index (χ0) is 13.9. The van der Waals surface area contributed by atoms with Gasteiger partial charge in [-0.2, -0.15) is 0 Å². The first kappa shape index (κ1) is 14.3. The number of hydrogen-bond acceptors (Lipinski definition) is 5. The summed E-state index contributed by atoms with van der Waals surface area (Å²) in [7, 11) is -3.00. The van der Waals surface area contributed by atoms with Crippen LogP contribution in [0, 0.1) is 0 Å². The van der Waals surface area contributed by atoms with Gasteiger partial charge in [0, 0.05) is 0 Å². The average molecular weight is 286 g/mol. The topological polar surface area (TPSA) is 83.8 Å². The molecule has 0 unspecified atom stereocenters. The molecule has 1 aliphatic rings. The molecule has 1 aliphatic heterocycles. The van der Waals surface area contributed by atoms with Gasteiger partial charge in [0.1, 0.15) is 18.0 Å². The molecule has 0 radical (unpaired) electrons. The number of aliphatic hydroxyl groups is 2. The number of hydrogen-bond donors (Lipinski definition) is 2. The first-order valence-corrected chi connectivity index (χ1v) is 8.00. The van der Waals surface area contributed by atoms with E-state index in [0.29, 0.717) is 5.75 Å². The minimum Gasteiger partial charge on any atom is -0.491 e. The van der Waals surface area contributed by atoms with Crippen LogP contribution in [-0.4, -0.2) is 42.3 Å². The monoisotopic (exact) mass is 286 g/mol. The predicted molar refractivity (Wildman–Crippen MR) is 70.7 cm³/mol. The van der Waals surface area contributed by atoms with Gasteiger partial charge in [0.05, 0.1) is 18.1 Å². The summed E-state index contributed by atoms with van der Waals surface area (Å²) in [6.45, 7) is -0.00286. The van der Waals surface area contributed by atoms with Crippen molar-refractivity contribution in [2.24, 2.45) is 0 Å². The van der Waals surface area contributed by atoms with Gasteiger partial charge in [-0.05, 0) is 30.5 Å². The van der Waals surface area contributed by atoms with E-state index in [4.69, 9.17) is 9.84 Å². The van der Waals surface area contributed by atoms with Crippen LogP contribution >= 0.6 is 0 Å². The Bertz CT molecular complexity index is 524. The Hall–Kier alpha value is -1.11. The molecule has 6 heteroatoms. The fourth-order valence-electron chi connectivity index (χ4n) is 2.01. The van der Waals surface area contributed by atoms with Crippen molar-refractivity contribution in [2.75, 3.05) is 18.1 Å². The Balaban J connectivity index is 1.94. The van der Waals surface area contributed by atoms with Gasteiger partial charge >= 0.3 is 0 Å². The lowest BCUT2D eigenvalue weighted by Crippen LogP contribution is -2.43. The molecule has 1 aromatic carbocycles. The summed E-state index contributed by atoms with van der Waals surface area (Å²) in [4.78, 5) is 0. The molecule has 0 atom stereocenters. The summed E-state index contributed by atoms with van der Waals surface area (Å²) in [6, 6.07) is 6.97. The first-order chi connectivity index (χ1) is 8.92. The summed E-state index contributed by atoms with van der Waals surface area (Å²) < 4.78 is 28.1. The van der Waals surface area contributed by atoms with E-state index in [1.54, 1.807) is 24.3 Å². The van der Waals surface area contributed by atoms with Crippen molar-refractivity contribution in [3.8, 4) is 5.75 Å². The molecule has 106 valence electrons. The summed E-state index contributed by atoms with van der Waals surface area (Å²) >= 11 is 0. The first-order valence-electron chi connectivity index (χ1n) is 6.18. The van der Waals surface area contributed by atoms with E-state index in [1.807, 2.05) is 0 Å². The number of rotatable bonds is 4. The van der Waals surface area contributed by atoms with Gasteiger partial charge in [0.2, 0.25) is 0 Å². The number of ether oxygens (including phenoxy) is 1. The molecule has 1 fully saturated rings. The van der Waals surface area contributed by atoms with Gasteiger partial charge in [-0.15, -0.1) is 0 Å². The molecule has 2 N–H and O–H groups in total. The minimum absolute atomic E-state index is 0.00351. The highest BCUT2D eigenvalue weighted by atomic mass is 32.2. The van der Waals surface area contributed by atoms with Gasteiger partial charge < -0.3 is 14.9 Å². The van der Waals surface area contributed by atoms with Crippen LogP contribution in [0.15, 0.2) is 24.3 Å². The zero-order valence-electron chi connectivity index (χ0n) is 10.6. The summed E-state index contributed by atoms with van der Waals surface area (Å²) in [5.74, 6) is 0.570. The molecule has 0 aliphatic carbocycles. The zero-order valence-corrected chi connectivity index (χ0v) is 11.4. The van der Waals surface area contributed by atoms with E-state index in [1.165, 1.54) is 0 Å². The average Bonchev–Trinajstić information content (AvgIpc) is 2.41. The maximum absolute atomic E-state index is 11.3. The molecule has 1 aromatic rings. The maximum Gasteiger partial charge on any atom is 0.150 e. The van der Waals surface area contributed by atoms with E-state index in [0.717, 1.165) is 5.56 Å². The third-order valence-corrected chi connectivity index (χ3v) is 5.00. The van der Waals surface area contributed by atoms with Crippen molar-refractivity contribution >= 4 is 9.84 Å². The van der Waals surface area contributed by atoms with Crippen molar-refractivity contribution in [3.63, 3.8) is 0 Å². The minimum atomic E-state index is -3.00. The lowest BCUT2D eigenvalue weighted by atomic mass is 9.98. The van der Waals surface area contributed by atoms with Crippen LogP contribution in [0.3, 0.4) is 0 Å². The van der Waals surface area contributed by atoms with Crippen LogP contribution in [0.5, 0.6) is 5.75 Å². The summed E-state index contributed by atoms with van der Waals surface area (Å²) in [5, 5.41) is 19.3. The van der Waals surface area contributed by atoms with E-state index in [2.05, 4.69) is 0 Å². The maximum atomic E-state index is 11.3. The van der Waals surface area contributed by atoms with Crippen molar-refractivity contribution < 1.29 is 23.4 Å². The SMILES string of the molecule is O=S1(=O)CCC(O)(COc2cccc(CO)c2)CC1. The van der Waals surface area contributed by atoms with Crippen molar-refractivity contribution in [3.05, 3.63) is 29.8 Å². The fourth-order valence-corrected chi connectivity index (χ4v) is 3.60. The van der Waals surface area contributed by atoms with Crippen molar-refractivity contribution in [2.45, 2.75) is 25.0 Å². The number of benzene rings is 1. The third kappa shape index (κ3) is 3.92. The van der Waals surface area contributed by atoms with Crippen LogP contribution in [0.4, 0.5) is 0 Å². The highest BCUT2D eigenvalue weighted by molar-refractivity contribution is 7.91. The van der Waals surface area contributed by atoms with Gasteiger partial charge in [0.15, 0.2) is 9.84 Å². The molecule has 1 saturated heterocycles. The molecule has 0 aromatic heterocycles. The normalized spacial score (nSPS) is 20.9. The quantitative estimate of drug-likeness (QED) is 0.842. The highest BCUT2D eigenvalue weighted by Crippen LogP contribution is 2.25. The lowest BCUT2D eigenvalue weighted by molar-refractivity contribution is -0.0128. The smallest absolute Gasteiger partial charge is 0.150 e. The van der Waals surface area contributed by atoms with Crippen molar-refractivity contribution in [1.29, 1.82) is 0 Å². The van der Waals surface area contributed by atoms with Crippen LogP contribution in [0.2, 0.25) is 0 Å². The Kier molecular flexibility index (Phi) is 4.13. The van der Waals surface area contributed by atoms with E-state index in [-0.39, 0.29) is 37.6 Å². The van der Waals surface area contributed by atoms with Gasteiger partial charge in [0.25, 0.3) is 0 Å². The third-order valence-electron chi connectivity index (χ3n) is 3.35. The molecule has 0 bridgehead atoms. The molecular formula is C13H18O5S. The van der Waals surface area contributed by atoms with Gasteiger partial charge in [-0.3, -0.25) is 0 Å². The van der Waals surface area contributed by atoms with Crippen LogP contribution in [0.1, 0.15) is 18.4 Å². The number of aliphatic hydroxyl groups excluding tert-OH is 1. The standard InChI is InChI=1S/C13H18O5S/c14-9-11-2-1-3-12(8-11)18-10-13(15)4-6-19(16,17)7-5-13/h1-3,8,14-15H,4-7,9-10H2. The van der Waals surface area contributed by atoms with E-state index >= 15 is 0 Å². The second-order valence-corrected chi connectivity index (χ2v) is 7.27. The van der Waals surface area contributed by atoms with Crippen LogP contribution < -0.4 is 4.74 Å². The van der Waals surface area contributed by atoms with Gasteiger partial charge in [-0.25, -0.2) is 8.42 Å². The molecule has 1 heterocycles. The Labute approximate surface area is 112 Å². The Morgan fingerprint density at radius 2 is 1.95 bits per heavy atom. The molecule has 0 spiro atoms. The molecule has 5 nitrogen and oxygen atoms in total. The molecular weight excluding hydrogens is 268 g/mol. The largest absolute Gasteiger partial charge is 0.491 e. The fraction of sp³-hybridized carbons (Fsp3) is 0.538. The summed E-state index contributed by atoms with van der Waals surface area (Å²) in [6.07, 6.45) is 0.407. The van der Waals surface area contributed by atoms with Gasteiger partial charge in [-0.1, -0.05) is 12.1 Å². The second kappa shape index (κ2) is 5.48. The molecule has 19 heavy (non-hydrogen) atoms. The lowest BCUT2D eigenvalue weighted by Gasteiger charge is -2.31. The van der Waals surface area contributed by atoms with Crippen molar-refractivity contribution in [1.82, 2.24) is 0 Å². The summed E-state index contributed by atoms with van der Waals surface area (Å²) in [5.41, 5.74) is -0.351. The van der Waals surface area contributed by atoms with E-state index in [9.17, 15) is 13.5 Å². The Morgan fingerprint density at radius 3 is 2.58 bits per heavy atom. The highest BCUT2D eigenvalue weighted by Gasteiger charge is 2.36. The van der Waals surface area contributed by atoms with Crippen LogP contribution in [-0.2, 0) is 16.4 Å².